The van der Waals surface area contributed by atoms with Crippen molar-refractivity contribution in [2.45, 2.75) is 57.9 Å². The van der Waals surface area contributed by atoms with Gasteiger partial charge in [0, 0.05) is 30.5 Å². The van der Waals surface area contributed by atoms with E-state index in [0.29, 0.717) is 13.0 Å². The second-order valence-corrected chi connectivity index (χ2v) is 8.71. The molecule has 0 unspecified atom stereocenters. The molecule has 30 heavy (non-hydrogen) atoms. The van der Waals surface area contributed by atoms with Gasteiger partial charge in [-0.15, -0.1) is 0 Å². The normalized spacial score (nSPS) is 12.8. The van der Waals surface area contributed by atoms with Crippen LogP contribution in [0.2, 0.25) is 0 Å². The minimum atomic E-state index is -0.477. The topological polar surface area (TPSA) is 49.4 Å². The average molecular weight is 427 g/mol. The summed E-state index contributed by atoms with van der Waals surface area (Å²) in [4.78, 5) is 27.4. The van der Waals surface area contributed by atoms with E-state index >= 15 is 0 Å². The van der Waals surface area contributed by atoms with Crippen molar-refractivity contribution in [3.05, 3.63) is 71.8 Å². The zero-order valence-electron chi connectivity index (χ0n) is 18.3. The van der Waals surface area contributed by atoms with E-state index in [9.17, 15) is 9.59 Å². The molecular weight excluding hydrogens is 392 g/mol. The predicted molar refractivity (Wildman–Crippen MR) is 126 cm³/mol. The van der Waals surface area contributed by atoms with Gasteiger partial charge in [-0.3, -0.25) is 9.59 Å². The molecule has 2 amide bonds. The fraction of sp³-hybridized carbons (Fsp3) is 0.440. The van der Waals surface area contributed by atoms with Gasteiger partial charge < -0.3 is 10.2 Å². The van der Waals surface area contributed by atoms with Crippen LogP contribution in [0.3, 0.4) is 0 Å². The second-order valence-electron chi connectivity index (χ2n) is 7.60. The zero-order chi connectivity index (χ0) is 21.8. The Kier molecular flexibility index (Phi) is 10.5. The summed E-state index contributed by atoms with van der Waals surface area (Å²) in [7, 11) is 0. The van der Waals surface area contributed by atoms with Crippen LogP contribution in [-0.4, -0.2) is 41.1 Å². The molecule has 0 saturated heterocycles. The molecule has 0 aliphatic carbocycles. The number of rotatable bonds is 12. The number of carbonyl (C=O) groups is 2. The quantitative estimate of drug-likeness (QED) is 0.501. The van der Waals surface area contributed by atoms with Crippen molar-refractivity contribution in [1.29, 1.82) is 0 Å². The molecule has 0 saturated carbocycles. The Morgan fingerprint density at radius 3 is 2.17 bits per heavy atom. The number of amides is 2. The first-order valence-electron chi connectivity index (χ1n) is 10.8. The Morgan fingerprint density at radius 2 is 1.57 bits per heavy atom. The number of nitrogens with zero attached hydrogens (tertiary/aromatic N) is 1. The van der Waals surface area contributed by atoms with Crippen molar-refractivity contribution in [3.8, 4) is 0 Å². The lowest BCUT2D eigenvalue weighted by Crippen LogP contribution is -2.50. The Bertz CT molecular complexity index is 767. The monoisotopic (exact) mass is 426 g/mol. The van der Waals surface area contributed by atoms with Crippen LogP contribution < -0.4 is 5.32 Å². The first-order valence-corrected chi connectivity index (χ1v) is 11.9. The highest BCUT2D eigenvalue weighted by atomic mass is 32.2. The lowest BCUT2D eigenvalue weighted by Gasteiger charge is -2.29. The number of carbonyl (C=O) groups excluding carboxylic acids is 2. The van der Waals surface area contributed by atoms with Crippen molar-refractivity contribution in [2.75, 3.05) is 12.3 Å². The lowest BCUT2D eigenvalue weighted by molar-refractivity contribution is -0.139. The van der Waals surface area contributed by atoms with Gasteiger partial charge in [0.1, 0.15) is 6.04 Å². The molecule has 1 N–H and O–H groups in total. The van der Waals surface area contributed by atoms with Gasteiger partial charge in [0.2, 0.25) is 11.8 Å². The highest BCUT2D eigenvalue weighted by Crippen LogP contribution is 2.15. The summed E-state index contributed by atoms with van der Waals surface area (Å²) in [5.41, 5.74) is 2.43. The highest BCUT2D eigenvalue weighted by molar-refractivity contribution is 7.98. The summed E-state index contributed by atoms with van der Waals surface area (Å²) < 4.78 is 0. The van der Waals surface area contributed by atoms with Crippen molar-refractivity contribution in [3.63, 3.8) is 0 Å². The molecule has 162 valence electrons. The van der Waals surface area contributed by atoms with Crippen molar-refractivity contribution in [1.82, 2.24) is 10.2 Å². The molecule has 0 fully saturated rings. The van der Waals surface area contributed by atoms with Crippen molar-refractivity contribution >= 4 is 23.6 Å². The molecule has 0 aliphatic heterocycles. The third kappa shape index (κ3) is 8.23. The van der Waals surface area contributed by atoms with Gasteiger partial charge in [-0.25, -0.2) is 0 Å². The van der Waals surface area contributed by atoms with Crippen molar-refractivity contribution in [2.24, 2.45) is 0 Å². The standard InChI is InChI=1S/C25H34N2O2S/c1-4-20(2)26-25(29)21(3)27(17-15-22-11-7-5-8-12-22)24(28)16-18-30-19-23-13-9-6-10-14-23/h5-14,20-21H,4,15-19H2,1-3H3,(H,26,29)/t20-,21+/m1/s1. The maximum absolute atomic E-state index is 13.0. The molecule has 0 aliphatic rings. The molecule has 0 bridgehead atoms. The molecular formula is C25H34N2O2S. The first kappa shape index (κ1) is 24.0. The average Bonchev–Trinajstić information content (AvgIpc) is 2.78. The smallest absolute Gasteiger partial charge is 0.242 e. The number of thioether (sulfide) groups is 1. The van der Waals surface area contributed by atoms with Gasteiger partial charge in [0.25, 0.3) is 0 Å². The third-order valence-electron chi connectivity index (χ3n) is 5.22. The number of hydrogen-bond donors (Lipinski definition) is 1. The number of nitrogens with one attached hydrogen (secondary N) is 1. The Balaban J connectivity index is 1.94. The van der Waals surface area contributed by atoms with Gasteiger partial charge in [-0.05, 0) is 37.8 Å². The largest absolute Gasteiger partial charge is 0.352 e. The molecule has 2 aromatic rings. The Labute approximate surface area is 185 Å². The van der Waals surface area contributed by atoms with E-state index in [1.807, 2.05) is 57.2 Å². The van der Waals surface area contributed by atoms with Gasteiger partial charge in [0.15, 0.2) is 0 Å². The molecule has 5 heteroatoms. The first-order chi connectivity index (χ1) is 14.5. The van der Waals surface area contributed by atoms with E-state index in [2.05, 4.69) is 29.6 Å². The minimum absolute atomic E-state index is 0.0401. The van der Waals surface area contributed by atoms with Crippen LogP contribution in [0.25, 0.3) is 0 Å². The van der Waals surface area contributed by atoms with E-state index in [4.69, 9.17) is 0 Å². The van der Waals surface area contributed by atoms with E-state index in [0.717, 1.165) is 24.3 Å². The minimum Gasteiger partial charge on any atom is -0.352 e. The molecule has 2 atom stereocenters. The van der Waals surface area contributed by atoms with Crippen LogP contribution in [0.15, 0.2) is 60.7 Å². The summed E-state index contributed by atoms with van der Waals surface area (Å²) in [5, 5.41) is 3.01. The van der Waals surface area contributed by atoms with Gasteiger partial charge in [-0.1, -0.05) is 67.6 Å². The molecule has 0 radical (unpaired) electrons. The van der Waals surface area contributed by atoms with E-state index in [1.165, 1.54) is 11.1 Å². The third-order valence-corrected chi connectivity index (χ3v) is 6.25. The molecule has 4 nitrogen and oxygen atoms in total. The molecule has 0 aromatic heterocycles. The summed E-state index contributed by atoms with van der Waals surface area (Å²) in [6, 6.07) is 20.0. The van der Waals surface area contributed by atoms with Crippen LogP contribution in [-0.2, 0) is 21.8 Å². The van der Waals surface area contributed by atoms with Gasteiger partial charge in [-0.2, -0.15) is 11.8 Å². The van der Waals surface area contributed by atoms with Gasteiger partial charge >= 0.3 is 0 Å². The molecule has 2 aromatic carbocycles. The lowest BCUT2D eigenvalue weighted by atomic mass is 10.1. The van der Waals surface area contributed by atoms with E-state index < -0.39 is 6.04 Å². The summed E-state index contributed by atoms with van der Waals surface area (Å²) in [6.07, 6.45) is 2.05. The fourth-order valence-electron chi connectivity index (χ4n) is 3.10. The highest BCUT2D eigenvalue weighted by Gasteiger charge is 2.26. The van der Waals surface area contributed by atoms with Crippen molar-refractivity contribution < 1.29 is 9.59 Å². The molecule has 0 spiro atoms. The Hall–Kier alpha value is -2.27. The maximum atomic E-state index is 13.0. The van der Waals surface area contributed by atoms with Crippen LogP contribution in [0.4, 0.5) is 0 Å². The van der Waals surface area contributed by atoms with Crippen LogP contribution >= 0.6 is 11.8 Å². The molecule has 0 heterocycles. The summed E-state index contributed by atoms with van der Waals surface area (Å²) >= 11 is 1.75. The van der Waals surface area contributed by atoms with Crippen LogP contribution in [0, 0.1) is 0 Å². The van der Waals surface area contributed by atoms with Crippen LogP contribution in [0.5, 0.6) is 0 Å². The number of benzene rings is 2. The van der Waals surface area contributed by atoms with E-state index in [1.54, 1.807) is 16.7 Å². The zero-order valence-corrected chi connectivity index (χ0v) is 19.2. The second kappa shape index (κ2) is 13.1. The maximum Gasteiger partial charge on any atom is 0.242 e. The fourth-order valence-corrected chi connectivity index (χ4v) is 3.99. The summed E-state index contributed by atoms with van der Waals surface area (Å²) in [5.74, 6) is 1.60. The van der Waals surface area contributed by atoms with Crippen LogP contribution in [0.1, 0.15) is 44.7 Å². The SMILES string of the molecule is CC[C@@H](C)NC(=O)[C@H](C)N(CCc1ccccc1)C(=O)CCSCc1ccccc1. The molecule has 2 rings (SSSR count). The summed E-state index contributed by atoms with van der Waals surface area (Å²) in [6.45, 7) is 6.40. The van der Waals surface area contributed by atoms with E-state index in [-0.39, 0.29) is 17.9 Å². The van der Waals surface area contributed by atoms with Gasteiger partial charge in [0.05, 0.1) is 0 Å². The number of hydrogen-bond acceptors (Lipinski definition) is 3. The predicted octanol–water partition coefficient (Wildman–Crippen LogP) is 4.68. The Morgan fingerprint density at radius 1 is 0.967 bits per heavy atom.